The molecule has 1 aromatic heterocycles. The number of rotatable bonds is 2. The summed E-state index contributed by atoms with van der Waals surface area (Å²) in [5, 5.41) is 6.88. The third-order valence-corrected chi connectivity index (χ3v) is 9.85. The Morgan fingerprint density at radius 2 is 0.957 bits per heavy atom. The summed E-state index contributed by atoms with van der Waals surface area (Å²) in [5.74, 6) is 0. The van der Waals surface area contributed by atoms with Gasteiger partial charge in [-0.25, -0.2) is 9.69 Å². The second kappa shape index (κ2) is 9.67. The number of aromatic nitrogens is 1. The molecule has 0 unspecified atom stereocenters. The number of benzene rings is 7. The molecule has 1 aliphatic carbocycles. The van der Waals surface area contributed by atoms with Crippen molar-refractivity contribution in [3.8, 4) is 39.1 Å². The van der Waals surface area contributed by atoms with Gasteiger partial charge in [0.2, 0.25) is 0 Å². The maximum atomic E-state index is 7.55. The summed E-state index contributed by atoms with van der Waals surface area (Å²) in [4.78, 5) is 7.33. The Hall–Kier alpha value is -6.16. The Morgan fingerprint density at radius 3 is 1.49 bits per heavy atom. The fourth-order valence-electron chi connectivity index (χ4n) is 7.31. The predicted molar refractivity (Wildman–Crippen MR) is 197 cm³/mol. The standard InChI is InChI=1S/C44H29N3/c1-44(2,3)32-11-8-26(9-12-32)27-6-7-28-20-36-37-21-29-10-15-35(19-31(29)23-39(37)38(36)22-30(28)18-27)47-42-16-13-33(45-4)24-40(42)41-25-34(46-5)14-17-43(41)47/h6-25H,1-3H3. The van der Waals surface area contributed by atoms with E-state index in [1.165, 1.54) is 60.5 Å². The van der Waals surface area contributed by atoms with Gasteiger partial charge >= 0.3 is 0 Å². The normalized spacial score (nSPS) is 12.1. The van der Waals surface area contributed by atoms with Gasteiger partial charge in [-0.3, -0.25) is 0 Å². The molecule has 0 radical (unpaired) electrons. The minimum Gasteiger partial charge on any atom is -0.309 e. The number of fused-ring (bicyclic) bond motifs is 9. The Labute approximate surface area is 273 Å². The molecule has 0 aliphatic heterocycles. The van der Waals surface area contributed by atoms with E-state index in [0.717, 1.165) is 27.5 Å². The van der Waals surface area contributed by atoms with Crippen LogP contribution in [0.5, 0.6) is 0 Å². The largest absolute Gasteiger partial charge is 0.309 e. The van der Waals surface area contributed by atoms with Crippen LogP contribution in [0, 0.1) is 13.1 Å². The van der Waals surface area contributed by atoms with Crippen LogP contribution in [0.25, 0.3) is 92.1 Å². The highest BCUT2D eigenvalue weighted by molar-refractivity contribution is 6.14. The lowest BCUT2D eigenvalue weighted by molar-refractivity contribution is 0.590. The van der Waals surface area contributed by atoms with Crippen molar-refractivity contribution in [1.29, 1.82) is 0 Å². The molecule has 1 heterocycles. The number of hydrogen-bond donors (Lipinski definition) is 0. The van der Waals surface area contributed by atoms with Crippen molar-refractivity contribution in [2.24, 2.45) is 0 Å². The highest BCUT2D eigenvalue weighted by Gasteiger charge is 2.24. The van der Waals surface area contributed by atoms with Gasteiger partial charge in [-0.15, -0.1) is 0 Å². The lowest BCUT2D eigenvalue weighted by Crippen LogP contribution is -2.10. The van der Waals surface area contributed by atoms with Crippen molar-refractivity contribution < 1.29 is 0 Å². The maximum absolute atomic E-state index is 7.55. The Kier molecular flexibility index (Phi) is 5.59. The fourth-order valence-corrected chi connectivity index (χ4v) is 7.31. The second-order valence-corrected chi connectivity index (χ2v) is 13.7. The molecule has 0 bridgehead atoms. The number of nitrogens with zero attached hydrogens (tertiary/aromatic N) is 3. The zero-order chi connectivity index (χ0) is 32.0. The molecule has 0 atom stereocenters. The molecular weight excluding hydrogens is 571 g/mol. The van der Waals surface area contributed by atoms with Crippen molar-refractivity contribution in [3.63, 3.8) is 0 Å². The lowest BCUT2D eigenvalue weighted by atomic mass is 9.77. The van der Waals surface area contributed by atoms with Gasteiger partial charge in [0, 0.05) is 5.69 Å². The van der Waals surface area contributed by atoms with E-state index >= 15 is 0 Å². The molecule has 0 spiro atoms. The van der Waals surface area contributed by atoms with Crippen LogP contribution in [-0.4, -0.2) is 4.57 Å². The highest BCUT2D eigenvalue weighted by atomic mass is 15.0. The Bertz CT molecular complexity index is 2650. The molecule has 0 amide bonds. The van der Waals surface area contributed by atoms with E-state index < -0.39 is 0 Å². The van der Waals surface area contributed by atoms with Gasteiger partial charge in [0.05, 0.1) is 24.2 Å². The van der Waals surface area contributed by atoms with Crippen LogP contribution in [0.4, 0.5) is 11.4 Å². The van der Waals surface area contributed by atoms with E-state index in [2.05, 4.69) is 120 Å². The molecule has 3 heteroatoms. The van der Waals surface area contributed by atoms with Crippen LogP contribution in [0.2, 0.25) is 0 Å². The van der Waals surface area contributed by atoms with Gasteiger partial charge < -0.3 is 4.57 Å². The van der Waals surface area contributed by atoms with Gasteiger partial charge in [0.25, 0.3) is 0 Å². The maximum Gasteiger partial charge on any atom is 0.188 e. The van der Waals surface area contributed by atoms with Crippen molar-refractivity contribution >= 4 is 54.7 Å². The topological polar surface area (TPSA) is 13.7 Å². The summed E-state index contributed by atoms with van der Waals surface area (Å²) in [6.45, 7) is 21.9. The van der Waals surface area contributed by atoms with Crippen LogP contribution in [0.1, 0.15) is 26.3 Å². The summed E-state index contributed by atoms with van der Waals surface area (Å²) in [6.07, 6.45) is 0. The molecule has 1 aliphatic rings. The fraction of sp³-hybridized carbons (Fsp3) is 0.0909. The summed E-state index contributed by atoms with van der Waals surface area (Å²) in [6, 6.07) is 43.5. The lowest BCUT2D eigenvalue weighted by Gasteiger charge is -2.26. The monoisotopic (exact) mass is 599 g/mol. The molecule has 0 N–H and O–H groups in total. The molecule has 0 fully saturated rings. The van der Waals surface area contributed by atoms with Crippen molar-refractivity contribution in [2.45, 2.75) is 26.2 Å². The molecule has 9 rings (SSSR count). The van der Waals surface area contributed by atoms with Crippen LogP contribution in [-0.2, 0) is 5.41 Å². The zero-order valence-electron chi connectivity index (χ0n) is 26.4. The predicted octanol–water partition coefficient (Wildman–Crippen LogP) is 12.8. The first-order valence-electron chi connectivity index (χ1n) is 15.9. The Morgan fingerprint density at radius 1 is 0.468 bits per heavy atom. The molecular formula is C44H29N3. The summed E-state index contributed by atoms with van der Waals surface area (Å²) >= 11 is 0. The molecule has 0 saturated carbocycles. The molecule has 7 aromatic carbocycles. The van der Waals surface area contributed by atoms with Gasteiger partial charge in [-0.1, -0.05) is 75.4 Å². The van der Waals surface area contributed by atoms with E-state index in [9.17, 15) is 0 Å². The third kappa shape index (κ3) is 4.11. The van der Waals surface area contributed by atoms with E-state index in [1.54, 1.807) is 0 Å². The van der Waals surface area contributed by atoms with Crippen molar-refractivity contribution in [3.05, 3.63) is 150 Å². The van der Waals surface area contributed by atoms with E-state index in [1.807, 2.05) is 36.4 Å². The quantitative estimate of drug-likeness (QED) is 0.175. The van der Waals surface area contributed by atoms with Crippen molar-refractivity contribution in [1.82, 2.24) is 4.57 Å². The van der Waals surface area contributed by atoms with Gasteiger partial charge in [0.15, 0.2) is 11.4 Å². The van der Waals surface area contributed by atoms with Crippen LogP contribution in [0.3, 0.4) is 0 Å². The zero-order valence-corrected chi connectivity index (χ0v) is 26.4. The summed E-state index contributed by atoms with van der Waals surface area (Å²) < 4.78 is 2.25. The van der Waals surface area contributed by atoms with Crippen molar-refractivity contribution in [2.75, 3.05) is 0 Å². The first-order valence-corrected chi connectivity index (χ1v) is 15.9. The van der Waals surface area contributed by atoms with Gasteiger partial charge in [-0.2, -0.15) is 0 Å². The minimum atomic E-state index is 0.137. The van der Waals surface area contributed by atoms with Gasteiger partial charge in [-0.05, 0) is 143 Å². The average Bonchev–Trinajstić information content (AvgIpc) is 3.42. The third-order valence-electron chi connectivity index (χ3n) is 9.85. The first-order chi connectivity index (χ1) is 22.8. The van der Waals surface area contributed by atoms with E-state index in [-0.39, 0.29) is 5.41 Å². The van der Waals surface area contributed by atoms with Gasteiger partial charge in [0.1, 0.15) is 0 Å². The summed E-state index contributed by atoms with van der Waals surface area (Å²) in [7, 11) is 0. The molecule has 8 aromatic rings. The Balaban J connectivity index is 1.14. The van der Waals surface area contributed by atoms with E-state index in [4.69, 9.17) is 13.1 Å². The van der Waals surface area contributed by atoms with E-state index in [0.29, 0.717) is 11.4 Å². The van der Waals surface area contributed by atoms with Crippen LogP contribution >= 0.6 is 0 Å². The molecule has 0 saturated heterocycles. The second-order valence-electron chi connectivity index (χ2n) is 13.7. The molecule has 3 nitrogen and oxygen atoms in total. The van der Waals surface area contributed by atoms with Crippen LogP contribution < -0.4 is 0 Å². The summed E-state index contributed by atoms with van der Waals surface area (Å²) in [5.41, 5.74) is 13.5. The molecule has 47 heavy (non-hydrogen) atoms. The highest BCUT2D eigenvalue weighted by Crippen LogP contribution is 2.51. The molecule has 220 valence electrons. The first kappa shape index (κ1) is 27.2. The smallest absolute Gasteiger partial charge is 0.188 e. The van der Waals surface area contributed by atoms with Crippen LogP contribution in [0.15, 0.2) is 121 Å². The number of hydrogen-bond acceptors (Lipinski definition) is 0. The minimum absolute atomic E-state index is 0.137. The SMILES string of the molecule is [C-]#[N+]c1ccc2c(c1)c1cc([N+]#[C-])ccc1n2-c1ccc2cc3c(cc2c1)-c1cc2cc(-c4ccc(C(C)(C)C)cc4)ccc2cc1-3. The average molecular weight is 600 g/mol.